The van der Waals surface area contributed by atoms with Gasteiger partial charge in [-0.15, -0.1) is 12.4 Å². The molecule has 2 rings (SSSR count). The molecule has 0 atom stereocenters. The molecule has 1 heterocycles. The Morgan fingerprint density at radius 3 is 2.57 bits per heavy atom. The summed E-state index contributed by atoms with van der Waals surface area (Å²) in [7, 11) is 0. The summed E-state index contributed by atoms with van der Waals surface area (Å²) in [6.07, 6.45) is 0. The van der Waals surface area contributed by atoms with Gasteiger partial charge in [-0.25, -0.2) is 0 Å². The molecule has 14 heavy (non-hydrogen) atoms. The molecule has 3 nitrogen and oxygen atoms in total. The Balaban J connectivity index is 0.000000980. The van der Waals surface area contributed by atoms with Gasteiger partial charge in [0, 0.05) is 10.9 Å². The third kappa shape index (κ3) is 1.46. The number of fused-ring (bicyclic) bond motifs is 1. The number of hydrogen-bond donors (Lipinski definition) is 2. The third-order valence-electron chi connectivity index (χ3n) is 2.09. The van der Waals surface area contributed by atoms with Crippen LogP contribution in [0.2, 0.25) is 0 Å². The Bertz CT molecular complexity index is 476. The Morgan fingerprint density at radius 1 is 1.36 bits per heavy atom. The van der Waals surface area contributed by atoms with Crippen molar-refractivity contribution in [3.8, 4) is 0 Å². The molecule has 0 unspecified atom stereocenters. The van der Waals surface area contributed by atoms with E-state index in [1.807, 2.05) is 31.2 Å². The Kier molecular flexibility index (Phi) is 2.81. The summed E-state index contributed by atoms with van der Waals surface area (Å²) in [6, 6.07) is 7.67. The maximum absolute atomic E-state index is 7.29. The molecule has 0 saturated carbocycles. The van der Waals surface area contributed by atoms with Gasteiger partial charge in [0.05, 0.1) is 0 Å². The second-order valence-corrected chi connectivity index (χ2v) is 2.97. The van der Waals surface area contributed by atoms with Crippen LogP contribution in [-0.4, -0.2) is 5.84 Å². The maximum Gasteiger partial charge on any atom is 0.172 e. The van der Waals surface area contributed by atoms with E-state index in [9.17, 15) is 0 Å². The monoisotopic (exact) mass is 210 g/mol. The van der Waals surface area contributed by atoms with E-state index >= 15 is 0 Å². The minimum absolute atomic E-state index is 0. The van der Waals surface area contributed by atoms with Crippen molar-refractivity contribution >= 4 is 29.2 Å². The van der Waals surface area contributed by atoms with Gasteiger partial charge in [-0.05, 0) is 13.0 Å². The van der Waals surface area contributed by atoms with Gasteiger partial charge >= 0.3 is 0 Å². The lowest BCUT2D eigenvalue weighted by Crippen LogP contribution is -2.10. The second-order valence-electron chi connectivity index (χ2n) is 2.97. The SMILES string of the molecule is Cc1c(C(=N)N)oc2ccccc12.Cl. The van der Waals surface area contributed by atoms with Crippen molar-refractivity contribution < 1.29 is 4.42 Å². The summed E-state index contributed by atoms with van der Waals surface area (Å²) in [5, 5.41) is 8.31. The summed E-state index contributed by atoms with van der Waals surface area (Å²) in [5.41, 5.74) is 7.08. The normalized spacial score (nSPS) is 9.79. The number of rotatable bonds is 1. The van der Waals surface area contributed by atoms with Crippen LogP contribution in [0.5, 0.6) is 0 Å². The summed E-state index contributed by atoms with van der Waals surface area (Å²) in [5.74, 6) is 0.454. The fraction of sp³-hybridized carbons (Fsp3) is 0.100. The van der Waals surface area contributed by atoms with Crippen LogP contribution in [0.4, 0.5) is 0 Å². The number of hydrogen-bond acceptors (Lipinski definition) is 2. The van der Waals surface area contributed by atoms with E-state index in [1.165, 1.54) is 0 Å². The molecule has 0 aliphatic rings. The highest BCUT2D eigenvalue weighted by molar-refractivity contribution is 5.99. The molecule has 74 valence electrons. The fourth-order valence-electron chi connectivity index (χ4n) is 1.43. The van der Waals surface area contributed by atoms with Crippen molar-refractivity contribution in [1.82, 2.24) is 0 Å². The van der Waals surface area contributed by atoms with Gasteiger partial charge in [0.25, 0.3) is 0 Å². The van der Waals surface area contributed by atoms with E-state index in [0.29, 0.717) is 5.76 Å². The molecule has 0 radical (unpaired) electrons. The van der Waals surface area contributed by atoms with Crippen molar-refractivity contribution in [3.63, 3.8) is 0 Å². The summed E-state index contributed by atoms with van der Waals surface area (Å²) >= 11 is 0. The van der Waals surface area contributed by atoms with Crippen molar-refractivity contribution in [2.45, 2.75) is 6.92 Å². The largest absolute Gasteiger partial charge is 0.453 e. The van der Waals surface area contributed by atoms with Crippen LogP contribution in [0.1, 0.15) is 11.3 Å². The van der Waals surface area contributed by atoms with Gasteiger partial charge in [-0.2, -0.15) is 0 Å². The molecule has 1 aromatic heterocycles. The smallest absolute Gasteiger partial charge is 0.172 e. The van der Waals surface area contributed by atoms with Crippen molar-refractivity contribution in [3.05, 3.63) is 35.6 Å². The van der Waals surface area contributed by atoms with Crippen LogP contribution in [0, 0.1) is 12.3 Å². The van der Waals surface area contributed by atoms with Crippen LogP contribution >= 0.6 is 12.4 Å². The summed E-state index contributed by atoms with van der Waals surface area (Å²) < 4.78 is 5.41. The third-order valence-corrected chi connectivity index (χ3v) is 2.09. The number of nitrogen functional groups attached to an aromatic ring is 1. The molecule has 0 fully saturated rings. The maximum atomic E-state index is 7.29. The molecule has 0 amide bonds. The van der Waals surface area contributed by atoms with Gasteiger partial charge in [0.1, 0.15) is 5.58 Å². The quantitative estimate of drug-likeness (QED) is 0.561. The first-order valence-corrected chi connectivity index (χ1v) is 4.02. The lowest BCUT2D eigenvalue weighted by Gasteiger charge is -1.91. The molecular formula is C10H11ClN2O. The number of furan rings is 1. The number of amidine groups is 1. The van der Waals surface area contributed by atoms with E-state index in [0.717, 1.165) is 16.5 Å². The Labute approximate surface area is 87.8 Å². The Hall–Kier alpha value is -1.48. The van der Waals surface area contributed by atoms with E-state index in [-0.39, 0.29) is 18.2 Å². The van der Waals surface area contributed by atoms with Gasteiger partial charge < -0.3 is 10.2 Å². The first kappa shape index (κ1) is 10.6. The predicted molar refractivity (Wildman–Crippen MR) is 59.2 cm³/mol. The molecule has 4 heteroatoms. The summed E-state index contributed by atoms with van der Waals surface area (Å²) in [4.78, 5) is 0. The zero-order valence-electron chi connectivity index (χ0n) is 7.70. The topological polar surface area (TPSA) is 63.0 Å². The van der Waals surface area contributed by atoms with Crippen LogP contribution in [-0.2, 0) is 0 Å². The van der Waals surface area contributed by atoms with E-state index in [1.54, 1.807) is 0 Å². The molecule has 0 aliphatic heterocycles. The number of halogens is 1. The molecular weight excluding hydrogens is 200 g/mol. The van der Waals surface area contributed by atoms with E-state index in [2.05, 4.69) is 0 Å². The number of nitrogens with two attached hydrogens (primary N) is 1. The zero-order chi connectivity index (χ0) is 9.42. The standard InChI is InChI=1S/C10H10N2O.ClH/c1-6-7-4-2-3-5-8(7)13-9(6)10(11)12;/h2-5H,1H3,(H3,11,12);1H. The van der Waals surface area contributed by atoms with Gasteiger partial charge in [0.15, 0.2) is 11.6 Å². The van der Waals surface area contributed by atoms with Crippen LogP contribution in [0.25, 0.3) is 11.0 Å². The highest BCUT2D eigenvalue weighted by Gasteiger charge is 2.11. The lowest BCUT2D eigenvalue weighted by atomic mass is 10.1. The first-order chi connectivity index (χ1) is 6.20. The number of benzene rings is 1. The van der Waals surface area contributed by atoms with Crippen LogP contribution in [0.15, 0.2) is 28.7 Å². The highest BCUT2D eigenvalue weighted by Crippen LogP contribution is 2.24. The zero-order valence-corrected chi connectivity index (χ0v) is 8.52. The van der Waals surface area contributed by atoms with E-state index in [4.69, 9.17) is 15.6 Å². The Morgan fingerprint density at radius 2 is 2.00 bits per heavy atom. The van der Waals surface area contributed by atoms with E-state index < -0.39 is 0 Å². The average Bonchev–Trinajstić information content (AvgIpc) is 2.45. The number of nitrogens with one attached hydrogen (secondary N) is 1. The molecule has 0 aliphatic carbocycles. The van der Waals surface area contributed by atoms with Crippen molar-refractivity contribution in [2.75, 3.05) is 0 Å². The molecule has 1 aromatic carbocycles. The average molecular weight is 211 g/mol. The summed E-state index contributed by atoms with van der Waals surface area (Å²) in [6.45, 7) is 1.91. The molecule has 2 aromatic rings. The number of para-hydroxylation sites is 1. The van der Waals surface area contributed by atoms with Crippen LogP contribution in [0.3, 0.4) is 0 Å². The first-order valence-electron chi connectivity index (χ1n) is 4.02. The molecule has 0 spiro atoms. The van der Waals surface area contributed by atoms with Crippen LogP contribution < -0.4 is 5.73 Å². The van der Waals surface area contributed by atoms with Gasteiger partial charge in [0.2, 0.25) is 0 Å². The van der Waals surface area contributed by atoms with Crippen molar-refractivity contribution in [1.29, 1.82) is 5.41 Å². The van der Waals surface area contributed by atoms with Gasteiger partial charge in [-0.1, -0.05) is 18.2 Å². The van der Waals surface area contributed by atoms with Crippen molar-refractivity contribution in [2.24, 2.45) is 5.73 Å². The lowest BCUT2D eigenvalue weighted by molar-refractivity contribution is 0.600. The molecule has 0 bridgehead atoms. The minimum Gasteiger partial charge on any atom is -0.453 e. The predicted octanol–water partition coefficient (Wildman–Crippen LogP) is 2.45. The highest BCUT2D eigenvalue weighted by atomic mass is 35.5. The minimum atomic E-state index is -0.0197. The van der Waals surface area contributed by atoms with Gasteiger partial charge in [-0.3, -0.25) is 5.41 Å². The fourth-order valence-corrected chi connectivity index (χ4v) is 1.43. The molecule has 3 N–H and O–H groups in total. The second kappa shape index (κ2) is 3.72. The number of aryl methyl sites for hydroxylation is 1. The molecule has 0 saturated heterocycles.